The Kier molecular flexibility index (Phi) is 17.9. The van der Waals surface area contributed by atoms with Crippen LogP contribution in [0.1, 0.15) is 83.8 Å². The van der Waals surface area contributed by atoms with E-state index in [1.165, 1.54) is 18.2 Å². The summed E-state index contributed by atoms with van der Waals surface area (Å²) in [7, 11) is -4.63. The summed E-state index contributed by atoms with van der Waals surface area (Å²) >= 11 is 0.863. The fraction of sp³-hybridized carbons (Fsp3) is 0.462. The van der Waals surface area contributed by atoms with Crippen molar-refractivity contribution in [3.63, 3.8) is 0 Å². The molecule has 17 nitrogen and oxygen atoms in total. The van der Waals surface area contributed by atoms with Crippen LogP contribution in [0.15, 0.2) is 75.1 Å². The molecule has 59 heavy (non-hydrogen) atoms. The van der Waals surface area contributed by atoms with Crippen molar-refractivity contribution in [1.29, 1.82) is 0 Å². The SMILES string of the molecule is CC1(C)C(/C=C/C=C2/N(CCCCCC(=O)NCCCCC(C(=O)O)N(CC(=O)O)CC(=O)O)c3ccc(SOOO)cc3C2(C)C)=Nc2ccc(S(=O)(=O)[O-])cc21.[Ni]. The van der Waals surface area contributed by atoms with Gasteiger partial charge in [-0.3, -0.25) is 29.1 Å². The number of amides is 1. The molecule has 1 amide bonds. The fourth-order valence-electron chi connectivity index (χ4n) is 7.25. The van der Waals surface area contributed by atoms with E-state index in [-0.39, 0.29) is 40.1 Å². The monoisotopic (exact) mass is 903 g/mol. The third kappa shape index (κ3) is 12.9. The van der Waals surface area contributed by atoms with Gasteiger partial charge in [0.25, 0.3) is 0 Å². The number of benzene rings is 2. The largest absolute Gasteiger partial charge is 0.744 e. The van der Waals surface area contributed by atoms with Gasteiger partial charge in [0.05, 0.1) is 41.4 Å². The van der Waals surface area contributed by atoms with Gasteiger partial charge in [0, 0.05) is 63.1 Å². The Balaban J connectivity index is 0.00000930. The summed E-state index contributed by atoms with van der Waals surface area (Å²) in [5.41, 5.74) is 3.78. The van der Waals surface area contributed by atoms with E-state index in [0.717, 1.165) is 46.7 Å². The molecule has 0 aromatic heterocycles. The minimum Gasteiger partial charge on any atom is -0.744 e. The summed E-state index contributed by atoms with van der Waals surface area (Å²) < 4.78 is 39.7. The number of unbranched alkanes of at least 4 members (excludes halogenated alkanes) is 3. The van der Waals surface area contributed by atoms with E-state index in [1.807, 2.05) is 50.3 Å². The number of carbonyl (C=O) groups excluding carboxylic acids is 1. The first kappa shape index (κ1) is 49.2. The summed E-state index contributed by atoms with van der Waals surface area (Å²) in [4.78, 5) is 54.8. The number of carbonyl (C=O) groups is 4. The Morgan fingerprint density at radius 2 is 1.64 bits per heavy atom. The molecule has 4 rings (SSSR count). The van der Waals surface area contributed by atoms with Gasteiger partial charge in [-0.05, 0) is 91.8 Å². The summed E-state index contributed by atoms with van der Waals surface area (Å²) in [6.45, 7) is 7.50. The van der Waals surface area contributed by atoms with Crippen LogP contribution in [-0.2, 0) is 66.0 Å². The number of rotatable bonds is 23. The summed E-state index contributed by atoms with van der Waals surface area (Å²) in [6, 6.07) is 8.69. The zero-order chi connectivity index (χ0) is 42.8. The molecule has 2 aliphatic rings. The van der Waals surface area contributed by atoms with E-state index in [0.29, 0.717) is 54.2 Å². The van der Waals surface area contributed by atoms with Crippen LogP contribution in [0.25, 0.3) is 0 Å². The third-order valence-electron chi connectivity index (χ3n) is 10.3. The molecule has 0 saturated heterocycles. The summed E-state index contributed by atoms with van der Waals surface area (Å²) in [6.07, 6.45) is 8.98. The number of aliphatic imine (C=N–C) groups is 1. The topological polar surface area (TPSA) is 256 Å². The quantitative estimate of drug-likeness (QED) is 0.0234. The zero-order valence-electron chi connectivity index (χ0n) is 33.0. The van der Waals surface area contributed by atoms with E-state index >= 15 is 0 Å². The van der Waals surface area contributed by atoms with Crippen molar-refractivity contribution in [2.24, 2.45) is 4.99 Å². The van der Waals surface area contributed by atoms with Gasteiger partial charge in [-0.15, -0.1) is 4.33 Å². The second kappa shape index (κ2) is 21.4. The second-order valence-corrected chi connectivity index (χ2v) is 17.2. The predicted octanol–water partition coefficient (Wildman–Crippen LogP) is 5.39. The van der Waals surface area contributed by atoms with Crippen LogP contribution < -0.4 is 10.2 Å². The Bertz CT molecular complexity index is 2060. The molecule has 0 fully saturated rings. The van der Waals surface area contributed by atoms with Crippen LogP contribution in [0.5, 0.6) is 0 Å². The smallest absolute Gasteiger partial charge is 0.320 e. The van der Waals surface area contributed by atoms with Crippen molar-refractivity contribution < 1.29 is 78.6 Å². The maximum absolute atomic E-state index is 12.6. The molecule has 1 unspecified atom stereocenters. The molecule has 0 saturated carbocycles. The maximum Gasteiger partial charge on any atom is 0.320 e. The van der Waals surface area contributed by atoms with Crippen LogP contribution in [0.2, 0.25) is 0 Å². The van der Waals surface area contributed by atoms with E-state index in [9.17, 15) is 37.3 Å². The van der Waals surface area contributed by atoms with E-state index in [1.54, 1.807) is 0 Å². The number of carboxylic acids is 3. The minimum absolute atomic E-state index is 0. The molecular formula is C39H49N4NiO13S2-. The van der Waals surface area contributed by atoms with Gasteiger partial charge in [-0.2, -0.15) is 0 Å². The Hall–Kier alpha value is -4.14. The molecule has 5 N–H and O–H groups in total. The van der Waals surface area contributed by atoms with Gasteiger partial charge in [-0.1, -0.05) is 45.2 Å². The van der Waals surface area contributed by atoms with Crippen molar-refractivity contribution in [3.8, 4) is 0 Å². The van der Waals surface area contributed by atoms with Crippen molar-refractivity contribution >= 4 is 63.1 Å². The molecule has 2 aromatic carbocycles. The predicted molar refractivity (Wildman–Crippen MR) is 213 cm³/mol. The number of anilines is 1. The molecule has 2 heterocycles. The van der Waals surface area contributed by atoms with Crippen LogP contribution in [-0.4, -0.2) is 100 Å². The molecular weight excluding hydrogens is 855 g/mol. The van der Waals surface area contributed by atoms with Crippen LogP contribution in [0, 0.1) is 0 Å². The molecule has 2 aliphatic heterocycles. The number of nitrogens with one attached hydrogen (secondary N) is 1. The number of nitrogens with zero attached hydrogens (tertiary/aromatic N) is 3. The Morgan fingerprint density at radius 1 is 0.949 bits per heavy atom. The summed E-state index contributed by atoms with van der Waals surface area (Å²) in [5, 5.41) is 43.0. The zero-order valence-corrected chi connectivity index (χ0v) is 35.6. The Morgan fingerprint density at radius 3 is 2.27 bits per heavy atom. The van der Waals surface area contributed by atoms with Crippen LogP contribution in [0.4, 0.5) is 11.4 Å². The van der Waals surface area contributed by atoms with E-state index in [2.05, 4.69) is 33.4 Å². The first-order valence-corrected chi connectivity index (χ1v) is 20.7. The van der Waals surface area contributed by atoms with Crippen LogP contribution >= 0.6 is 12.0 Å². The molecule has 0 radical (unpaired) electrons. The van der Waals surface area contributed by atoms with E-state index in [4.69, 9.17) is 20.5 Å². The van der Waals surface area contributed by atoms with Gasteiger partial charge in [0.2, 0.25) is 5.91 Å². The number of hydrogen-bond acceptors (Lipinski definition) is 14. The maximum atomic E-state index is 12.6. The molecule has 1 atom stereocenters. The Labute approximate surface area is 357 Å². The standard InChI is InChI=1S/C39H50N4O13S2.Ni/c1-38(2)27-22-26(58(52,53)54)16-17-29(27)41-32(38)12-10-13-33-39(3,4)28-21-25(57-56-55-51)15-18-30(28)43(33)20-9-5-6-14-34(44)40-19-8-7-11-31(37(49)50)42(23-35(45)46)24-36(47)48;/h10,12-13,15-18,21-22,31,51H,5-9,11,14,19-20,23-24H2,1-4H3,(H,40,44)(H,45,46)(H,47,48)(H,49,50)(H,52,53,54);/p-1/b12-10+,33-13+;. The van der Waals surface area contributed by atoms with Crippen molar-refractivity contribution in [1.82, 2.24) is 10.2 Å². The van der Waals surface area contributed by atoms with Crippen molar-refractivity contribution in [2.45, 2.75) is 99.3 Å². The van der Waals surface area contributed by atoms with Gasteiger partial charge >= 0.3 is 17.9 Å². The molecule has 0 spiro atoms. The normalized spacial score (nSPS) is 16.4. The average Bonchev–Trinajstić information content (AvgIpc) is 3.51. The molecule has 326 valence electrons. The van der Waals surface area contributed by atoms with Gasteiger partial charge in [-0.25, -0.2) is 13.7 Å². The van der Waals surface area contributed by atoms with Crippen molar-refractivity contribution in [3.05, 3.63) is 71.5 Å². The fourth-order valence-corrected chi connectivity index (χ4v) is 8.15. The number of hydrogen-bond donors (Lipinski definition) is 5. The average molecular weight is 905 g/mol. The third-order valence-corrected chi connectivity index (χ3v) is 11.7. The first-order valence-electron chi connectivity index (χ1n) is 18.6. The van der Waals surface area contributed by atoms with Crippen molar-refractivity contribution in [2.75, 3.05) is 31.1 Å². The number of fused-ring (bicyclic) bond motifs is 2. The number of allylic oxidation sites excluding steroid dienone is 4. The van der Waals surface area contributed by atoms with Gasteiger partial charge in [0.15, 0.2) is 0 Å². The van der Waals surface area contributed by atoms with Crippen LogP contribution in [0.3, 0.4) is 0 Å². The number of carboxylic acid groups (broad SMARTS) is 3. The molecule has 0 aliphatic carbocycles. The van der Waals surface area contributed by atoms with Gasteiger partial charge < -0.3 is 30.1 Å². The second-order valence-electron chi connectivity index (χ2n) is 15.1. The summed E-state index contributed by atoms with van der Waals surface area (Å²) in [5.74, 6) is -4.13. The van der Waals surface area contributed by atoms with E-state index < -0.39 is 58.0 Å². The van der Waals surface area contributed by atoms with Gasteiger partial charge in [0.1, 0.15) is 16.2 Å². The minimum atomic E-state index is -4.63. The molecule has 20 heteroatoms. The first-order chi connectivity index (χ1) is 27.3. The molecule has 2 aromatic rings. The molecule has 0 bridgehead atoms. The number of aliphatic carboxylic acids is 3.